The molecule has 0 saturated heterocycles. The zero-order valence-electron chi connectivity index (χ0n) is 24.6. The Balaban J connectivity index is 1.40. The van der Waals surface area contributed by atoms with Crippen LogP contribution < -0.4 is 4.90 Å². The van der Waals surface area contributed by atoms with Crippen LogP contribution in [-0.4, -0.2) is 0 Å². The van der Waals surface area contributed by atoms with Gasteiger partial charge in [0, 0.05) is 20.6 Å². The minimum Gasteiger partial charge on any atom is -0.310 e. The molecule has 0 radical (unpaired) electrons. The van der Waals surface area contributed by atoms with E-state index in [1.807, 2.05) is 11.3 Å². The van der Waals surface area contributed by atoms with E-state index in [0.29, 0.717) is 0 Å². The average Bonchev–Trinajstić information content (AvgIpc) is 3.69. The van der Waals surface area contributed by atoms with E-state index in [2.05, 4.69) is 158 Å². The van der Waals surface area contributed by atoms with Gasteiger partial charge >= 0.3 is 0 Å². The van der Waals surface area contributed by atoms with Gasteiger partial charge in [0.05, 0.1) is 22.5 Å². The molecule has 0 fully saturated rings. The fraction of sp³-hybridized carbons (Fsp3) is 0.0952. The van der Waals surface area contributed by atoms with Crippen LogP contribution in [-0.2, 0) is 10.8 Å². The molecule has 10 rings (SSSR count). The van der Waals surface area contributed by atoms with Crippen LogP contribution >= 0.6 is 11.3 Å². The third kappa shape index (κ3) is 2.77. The van der Waals surface area contributed by atoms with Crippen LogP contribution in [0.2, 0.25) is 0 Å². The van der Waals surface area contributed by atoms with Crippen molar-refractivity contribution in [2.45, 2.75) is 24.7 Å². The van der Waals surface area contributed by atoms with Crippen LogP contribution in [0.4, 0.5) is 17.1 Å². The molecule has 1 atom stereocenters. The van der Waals surface area contributed by atoms with Gasteiger partial charge in [-0.05, 0) is 74.2 Å². The maximum absolute atomic E-state index is 2.57. The van der Waals surface area contributed by atoms with Crippen molar-refractivity contribution in [3.63, 3.8) is 0 Å². The predicted octanol–water partition coefficient (Wildman–Crippen LogP) is 11.4. The highest BCUT2D eigenvalue weighted by Crippen LogP contribution is 2.68. The Kier molecular flexibility index (Phi) is 4.66. The molecule has 2 aliphatic carbocycles. The molecule has 6 aromatic carbocycles. The van der Waals surface area contributed by atoms with Crippen molar-refractivity contribution in [2.75, 3.05) is 4.90 Å². The predicted molar refractivity (Wildman–Crippen MR) is 185 cm³/mol. The maximum atomic E-state index is 2.57. The first kappa shape index (κ1) is 24.5. The van der Waals surface area contributed by atoms with Gasteiger partial charge in [-0.3, -0.25) is 0 Å². The van der Waals surface area contributed by atoms with Crippen molar-refractivity contribution in [2.24, 2.45) is 0 Å². The zero-order valence-corrected chi connectivity index (χ0v) is 25.5. The Hall–Kier alpha value is -4.92. The SMILES string of the molecule is CC1(C)c2ccccc2N(c2cccc3c2C2(c4ccccc4-3)c3ccccc3-c3sc4ccccc4c32)c2ccccc21. The van der Waals surface area contributed by atoms with Gasteiger partial charge in [0.25, 0.3) is 0 Å². The standard InChI is InChI=1S/C42H29NS/c1-41(2)32-20-8-10-22-34(32)43(35-23-11-9-21-33(35)41)36-24-13-17-27-26-14-3-6-18-30(26)42(38(27)36)31-19-7-4-15-28(31)40-39(42)29-16-5-12-25-37(29)44-40/h3-25H,1-2H3. The van der Waals surface area contributed by atoms with Gasteiger partial charge in [-0.1, -0.05) is 129 Å². The Morgan fingerprint density at radius 3 is 1.70 bits per heavy atom. The lowest BCUT2D eigenvalue weighted by Crippen LogP contribution is -2.33. The van der Waals surface area contributed by atoms with E-state index >= 15 is 0 Å². The average molecular weight is 580 g/mol. The van der Waals surface area contributed by atoms with Crippen LogP contribution in [0.5, 0.6) is 0 Å². The summed E-state index contributed by atoms with van der Waals surface area (Å²) >= 11 is 1.94. The minimum atomic E-state index is -0.426. The summed E-state index contributed by atoms with van der Waals surface area (Å²) in [6.07, 6.45) is 0. The van der Waals surface area contributed by atoms with Crippen LogP contribution in [0, 0.1) is 0 Å². The molecule has 0 bridgehead atoms. The molecule has 44 heavy (non-hydrogen) atoms. The van der Waals surface area contributed by atoms with Gasteiger partial charge in [-0.25, -0.2) is 0 Å². The number of rotatable bonds is 1. The summed E-state index contributed by atoms with van der Waals surface area (Å²) in [4.78, 5) is 3.97. The molecule has 208 valence electrons. The molecule has 2 heteroatoms. The smallest absolute Gasteiger partial charge is 0.0760 e. The van der Waals surface area contributed by atoms with Crippen LogP contribution in [0.1, 0.15) is 47.2 Å². The van der Waals surface area contributed by atoms with Crippen LogP contribution in [0.15, 0.2) is 140 Å². The third-order valence-electron chi connectivity index (χ3n) is 10.5. The van der Waals surface area contributed by atoms with E-state index in [0.717, 1.165) is 0 Å². The number of thiophene rings is 1. The van der Waals surface area contributed by atoms with Gasteiger partial charge in [0.2, 0.25) is 0 Å². The first-order chi connectivity index (χ1) is 21.6. The largest absolute Gasteiger partial charge is 0.310 e. The molecule has 1 aliphatic heterocycles. The summed E-state index contributed by atoms with van der Waals surface area (Å²) in [7, 11) is 0. The summed E-state index contributed by atoms with van der Waals surface area (Å²) in [5.41, 5.74) is 15.6. The molecule has 1 aromatic heterocycles. The number of hydrogen-bond donors (Lipinski definition) is 0. The molecule has 1 unspecified atom stereocenters. The van der Waals surface area contributed by atoms with Gasteiger partial charge in [-0.2, -0.15) is 0 Å². The van der Waals surface area contributed by atoms with E-state index in [4.69, 9.17) is 0 Å². The van der Waals surface area contributed by atoms with Crippen molar-refractivity contribution in [1.29, 1.82) is 0 Å². The van der Waals surface area contributed by atoms with Crippen molar-refractivity contribution < 1.29 is 0 Å². The quantitative estimate of drug-likeness (QED) is 0.187. The van der Waals surface area contributed by atoms with Crippen molar-refractivity contribution in [3.05, 3.63) is 173 Å². The van der Waals surface area contributed by atoms with Crippen molar-refractivity contribution in [1.82, 2.24) is 0 Å². The molecule has 1 nitrogen and oxygen atoms in total. The number of nitrogens with zero attached hydrogens (tertiary/aromatic N) is 1. The summed E-state index contributed by atoms with van der Waals surface area (Å²) in [6, 6.07) is 52.4. The van der Waals surface area contributed by atoms with Gasteiger partial charge in [-0.15, -0.1) is 11.3 Å². The minimum absolute atomic E-state index is 0.112. The highest BCUT2D eigenvalue weighted by molar-refractivity contribution is 7.22. The summed E-state index contributed by atoms with van der Waals surface area (Å²) in [6.45, 7) is 4.73. The fourth-order valence-corrected chi connectivity index (χ4v) is 10.0. The monoisotopic (exact) mass is 579 g/mol. The lowest BCUT2D eigenvalue weighted by Gasteiger charge is -2.43. The molecule has 1 spiro atoms. The van der Waals surface area contributed by atoms with E-state index in [-0.39, 0.29) is 5.41 Å². The topological polar surface area (TPSA) is 3.24 Å². The second-order valence-corrected chi connectivity index (χ2v) is 13.9. The molecule has 0 amide bonds. The molecule has 3 aliphatic rings. The second kappa shape index (κ2) is 8.37. The second-order valence-electron chi connectivity index (χ2n) is 12.8. The highest BCUT2D eigenvalue weighted by Gasteiger charge is 2.55. The van der Waals surface area contributed by atoms with Crippen molar-refractivity contribution in [3.8, 4) is 21.6 Å². The van der Waals surface area contributed by atoms with Gasteiger partial charge < -0.3 is 4.90 Å². The molecular weight excluding hydrogens is 551 g/mol. The summed E-state index contributed by atoms with van der Waals surface area (Å²) in [5, 5.41) is 1.36. The van der Waals surface area contributed by atoms with Gasteiger partial charge in [0.15, 0.2) is 0 Å². The highest BCUT2D eigenvalue weighted by atomic mass is 32.1. The lowest BCUT2D eigenvalue weighted by atomic mass is 9.69. The lowest BCUT2D eigenvalue weighted by molar-refractivity contribution is 0.631. The number of para-hydroxylation sites is 2. The van der Waals surface area contributed by atoms with E-state index < -0.39 is 5.41 Å². The van der Waals surface area contributed by atoms with E-state index in [1.54, 1.807) is 0 Å². The van der Waals surface area contributed by atoms with E-state index in [9.17, 15) is 0 Å². The van der Waals surface area contributed by atoms with Crippen LogP contribution in [0.25, 0.3) is 31.7 Å². The Morgan fingerprint density at radius 2 is 0.977 bits per heavy atom. The number of anilines is 3. The summed E-state index contributed by atoms with van der Waals surface area (Å²) < 4.78 is 1.35. The first-order valence-electron chi connectivity index (χ1n) is 15.5. The van der Waals surface area contributed by atoms with Crippen molar-refractivity contribution >= 4 is 38.5 Å². The fourth-order valence-electron chi connectivity index (χ4n) is 8.74. The number of benzene rings is 6. The number of fused-ring (bicyclic) bond motifs is 14. The molecule has 7 aromatic rings. The van der Waals surface area contributed by atoms with Gasteiger partial charge in [0.1, 0.15) is 0 Å². The Bertz CT molecular complexity index is 2290. The van der Waals surface area contributed by atoms with E-state index in [1.165, 1.54) is 82.1 Å². The summed E-state index contributed by atoms with van der Waals surface area (Å²) in [5.74, 6) is 0. The molecule has 0 saturated carbocycles. The third-order valence-corrected chi connectivity index (χ3v) is 11.7. The molecule has 2 heterocycles. The normalized spacial score (nSPS) is 18.0. The molecule has 0 N–H and O–H groups in total. The van der Waals surface area contributed by atoms with Crippen LogP contribution in [0.3, 0.4) is 0 Å². The Labute approximate surface area is 261 Å². The first-order valence-corrected chi connectivity index (χ1v) is 16.3. The number of hydrogen-bond acceptors (Lipinski definition) is 2. The zero-order chi connectivity index (χ0) is 29.2. The Morgan fingerprint density at radius 1 is 0.455 bits per heavy atom. The maximum Gasteiger partial charge on any atom is 0.0760 e. The molecular formula is C42H29NS.